The summed E-state index contributed by atoms with van der Waals surface area (Å²) in [5, 5.41) is 24.2. The topological polar surface area (TPSA) is 112 Å². The Bertz CT molecular complexity index is 1170. The number of β-amino-alcohol motifs (C(OH)–C–C–N with tert-alkyl or cyclic N) is 1. The molecule has 3 aromatic rings. The summed E-state index contributed by atoms with van der Waals surface area (Å²) in [4.78, 5) is 18.8. The van der Waals surface area contributed by atoms with Gasteiger partial charge in [0.25, 0.3) is 0 Å². The minimum atomic E-state index is -0.693. The van der Waals surface area contributed by atoms with E-state index in [4.69, 9.17) is 17.3 Å². The molecular formula is C28H35ClN4O3. The number of aliphatic hydroxyl groups is 1. The maximum Gasteiger partial charge on any atom is 0.227 e. The number of anilines is 1. The van der Waals surface area contributed by atoms with E-state index in [-0.39, 0.29) is 23.6 Å². The molecule has 1 heterocycles. The molecular weight excluding hydrogens is 476 g/mol. The van der Waals surface area contributed by atoms with E-state index in [0.717, 1.165) is 17.5 Å². The number of benzene rings is 2. The van der Waals surface area contributed by atoms with E-state index in [1.807, 2.05) is 25.1 Å². The van der Waals surface area contributed by atoms with Crippen molar-refractivity contribution in [2.75, 3.05) is 18.8 Å². The molecule has 192 valence electrons. The number of nitrogens with two attached hydrogens (primary N) is 1. The zero-order chi connectivity index (χ0) is 26.3. The van der Waals surface area contributed by atoms with E-state index in [1.165, 1.54) is 6.07 Å². The van der Waals surface area contributed by atoms with E-state index < -0.39 is 6.10 Å². The van der Waals surface area contributed by atoms with E-state index in [1.54, 1.807) is 35.4 Å². The van der Waals surface area contributed by atoms with Crippen LogP contribution in [0, 0.1) is 0 Å². The van der Waals surface area contributed by atoms with Gasteiger partial charge in [-0.15, -0.1) is 0 Å². The van der Waals surface area contributed by atoms with Crippen LogP contribution in [-0.2, 0) is 24.2 Å². The number of likely N-dealkylation sites (N-methyl/N-ethyl adjacent to an activating group) is 1. The number of carbonyl (C=O) groups excluding carboxylic acids is 1. The summed E-state index contributed by atoms with van der Waals surface area (Å²) in [7, 11) is 0. The van der Waals surface area contributed by atoms with Crippen LogP contribution < -0.4 is 11.1 Å². The molecule has 0 unspecified atom stereocenters. The summed E-state index contributed by atoms with van der Waals surface area (Å²) in [5.74, 6) is 0.536. The number of rotatable bonds is 11. The fourth-order valence-electron chi connectivity index (χ4n) is 4.08. The average molecular weight is 511 g/mol. The molecule has 0 fully saturated rings. The number of nitrogens with one attached hydrogen (secondary N) is 1. The Hall–Kier alpha value is -3.13. The first-order chi connectivity index (χ1) is 17.1. The third kappa shape index (κ3) is 7.95. The zero-order valence-corrected chi connectivity index (χ0v) is 21.8. The van der Waals surface area contributed by atoms with E-state index in [0.29, 0.717) is 41.6 Å². The molecule has 3 rings (SSSR count). The van der Waals surface area contributed by atoms with E-state index >= 15 is 0 Å². The van der Waals surface area contributed by atoms with Gasteiger partial charge in [-0.2, -0.15) is 0 Å². The highest BCUT2D eigenvalue weighted by molar-refractivity contribution is 6.31. The Balaban J connectivity index is 1.59. The molecule has 1 aromatic heterocycles. The van der Waals surface area contributed by atoms with Crippen LogP contribution in [0.5, 0.6) is 5.75 Å². The van der Waals surface area contributed by atoms with E-state index in [2.05, 4.69) is 30.2 Å². The average Bonchev–Trinajstić information content (AvgIpc) is 2.83. The number of phenolic OH excluding ortho intramolecular Hbond substituents is 1. The number of amides is 1. The third-order valence-electron chi connectivity index (χ3n) is 6.09. The Morgan fingerprint density at radius 1 is 1.17 bits per heavy atom. The van der Waals surface area contributed by atoms with Crippen molar-refractivity contribution < 1.29 is 15.0 Å². The molecule has 0 spiro atoms. The predicted octanol–water partition coefficient (Wildman–Crippen LogP) is 4.26. The Morgan fingerprint density at radius 2 is 1.92 bits per heavy atom. The molecule has 0 aliphatic heterocycles. The number of aliphatic hydroxyl groups excluding tert-OH is 1. The van der Waals surface area contributed by atoms with Crippen LogP contribution in [-0.4, -0.2) is 44.6 Å². The molecule has 1 atom stereocenters. The molecule has 36 heavy (non-hydrogen) atoms. The van der Waals surface area contributed by atoms with Gasteiger partial charge in [-0.1, -0.05) is 41.9 Å². The number of aromatic hydroxyl groups is 1. The minimum Gasteiger partial charge on any atom is -0.508 e. The highest BCUT2D eigenvalue weighted by atomic mass is 35.5. The number of aromatic nitrogens is 1. The number of hydrogen-bond donors (Lipinski definition) is 4. The highest BCUT2D eigenvalue weighted by Gasteiger charge is 2.21. The second-order valence-corrected chi connectivity index (χ2v) is 10.1. The molecule has 0 saturated carbocycles. The van der Waals surface area contributed by atoms with Gasteiger partial charge in [0.2, 0.25) is 5.91 Å². The van der Waals surface area contributed by atoms with Crippen LogP contribution in [0.15, 0.2) is 60.8 Å². The number of nitrogens with zero attached hydrogens (tertiary/aromatic N) is 2. The van der Waals surface area contributed by atoms with Gasteiger partial charge in [-0.25, -0.2) is 4.98 Å². The van der Waals surface area contributed by atoms with Crippen molar-refractivity contribution in [3.05, 3.63) is 88.1 Å². The maximum atomic E-state index is 13.0. The number of pyridine rings is 1. The SMILES string of the molecule is CCN(Cc1cc(O)ccc1Cl)C(=O)Cc1cccc(CC(C)(C)NC[C@H](O)c2ccc(N)nc2)c1. The lowest BCUT2D eigenvalue weighted by molar-refractivity contribution is -0.130. The minimum absolute atomic E-state index is 0.00771. The number of halogens is 1. The predicted molar refractivity (Wildman–Crippen MR) is 144 cm³/mol. The molecule has 2 aromatic carbocycles. The molecule has 0 aliphatic carbocycles. The van der Waals surface area contributed by atoms with E-state index in [9.17, 15) is 15.0 Å². The summed E-state index contributed by atoms with van der Waals surface area (Å²) >= 11 is 6.25. The van der Waals surface area contributed by atoms with Gasteiger partial charge < -0.3 is 26.2 Å². The van der Waals surface area contributed by atoms with Crippen LogP contribution in [0.25, 0.3) is 0 Å². The Morgan fingerprint density at radius 3 is 2.61 bits per heavy atom. The number of nitrogen functional groups attached to an aromatic ring is 1. The molecule has 7 nitrogen and oxygen atoms in total. The van der Waals surface area contributed by atoms with Crippen molar-refractivity contribution >= 4 is 23.3 Å². The van der Waals surface area contributed by atoms with Crippen molar-refractivity contribution in [2.45, 2.75) is 51.8 Å². The number of phenols is 1. The second-order valence-electron chi connectivity index (χ2n) is 9.65. The van der Waals surface area contributed by atoms with Gasteiger partial charge in [0, 0.05) is 42.0 Å². The van der Waals surface area contributed by atoms with Crippen LogP contribution in [0.4, 0.5) is 5.82 Å². The Kier molecular flexibility index (Phi) is 9.31. The largest absolute Gasteiger partial charge is 0.508 e. The van der Waals surface area contributed by atoms with Gasteiger partial charge in [-0.05, 0) is 68.1 Å². The summed E-state index contributed by atoms with van der Waals surface area (Å²) in [5.41, 5.74) is 8.79. The molecule has 5 N–H and O–H groups in total. The molecule has 0 radical (unpaired) electrons. The fourth-order valence-corrected chi connectivity index (χ4v) is 4.26. The number of carbonyl (C=O) groups is 1. The maximum absolute atomic E-state index is 13.0. The third-order valence-corrected chi connectivity index (χ3v) is 6.45. The van der Waals surface area contributed by atoms with Crippen molar-refractivity contribution in [3.8, 4) is 5.75 Å². The first kappa shape index (κ1) is 27.5. The van der Waals surface area contributed by atoms with Crippen molar-refractivity contribution in [1.82, 2.24) is 15.2 Å². The molecule has 1 amide bonds. The van der Waals surface area contributed by atoms with Gasteiger partial charge >= 0.3 is 0 Å². The zero-order valence-electron chi connectivity index (χ0n) is 21.0. The van der Waals surface area contributed by atoms with Crippen LogP contribution in [0.1, 0.15) is 49.1 Å². The lowest BCUT2D eigenvalue weighted by Crippen LogP contribution is -2.43. The van der Waals surface area contributed by atoms with Gasteiger partial charge in [0.15, 0.2) is 0 Å². The molecule has 0 bridgehead atoms. The second kappa shape index (κ2) is 12.2. The van der Waals surface area contributed by atoms with Gasteiger partial charge in [-0.3, -0.25) is 4.79 Å². The smallest absolute Gasteiger partial charge is 0.227 e. The standard InChI is InChI=1S/C28H35ClN4O3/c1-4-33(18-22-14-23(34)9-10-24(22)29)27(36)13-19-6-5-7-20(12-19)15-28(2,3)32-17-25(35)21-8-11-26(30)31-16-21/h5-12,14,16,25,32,34-35H,4,13,15,17-18H2,1-3H3,(H2,30,31)/t25-/m0/s1. The normalized spacial score (nSPS) is 12.4. The van der Waals surface area contributed by atoms with Crippen molar-refractivity contribution in [1.29, 1.82) is 0 Å². The monoisotopic (exact) mass is 510 g/mol. The van der Waals surface area contributed by atoms with Crippen LogP contribution in [0.2, 0.25) is 5.02 Å². The lowest BCUT2D eigenvalue weighted by atomic mass is 9.93. The molecule has 8 heteroatoms. The van der Waals surface area contributed by atoms with Gasteiger partial charge in [0.05, 0.1) is 12.5 Å². The lowest BCUT2D eigenvalue weighted by Gasteiger charge is -2.28. The summed E-state index contributed by atoms with van der Waals surface area (Å²) in [6, 6.07) is 16.2. The van der Waals surface area contributed by atoms with Crippen LogP contribution >= 0.6 is 11.6 Å². The first-order valence-electron chi connectivity index (χ1n) is 12.0. The first-order valence-corrected chi connectivity index (χ1v) is 12.4. The quantitative estimate of drug-likeness (QED) is 0.307. The number of hydrogen-bond acceptors (Lipinski definition) is 6. The van der Waals surface area contributed by atoms with Gasteiger partial charge in [0.1, 0.15) is 11.6 Å². The Labute approximate surface area is 217 Å². The summed E-state index contributed by atoms with van der Waals surface area (Å²) in [6.45, 7) is 7.33. The summed E-state index contributed by atoms with van der Waals surface area (Å²) < 4.78 is 0. The highest BCUT2D eigenvalue weighted by Crippen LogP contribution is 2.23. The fraction of sp³-hybridized carbons (Fsp3) is 0.357. The van der Waals surface area contributed by atoms with Crippen LogP contribution in [0.3, 0.4) is 0 Å². The summed E-state index contributed by atoms with van der Waals surface area (Å²) in [6.07, 6.45) is 1.89. The molecule has 0 aliphatic rings. The van der Waals surface area contributed by atoms with Crippen molar-refractivity contribution in [3.63, 3.8) is 0 Å². The molecule has 0 saturated heterocycles. The van der Waals surface area contributed by atoms with Crippen molar-refractivity contribution in [2.24, 2.45) is 0 Å².